The number of aliphatic carboxylic acids is 1. The lowest BCUT2D eigenvalue weighted by Gasteiger charge is -2.36. The largest absolute Gasteiger partial charge is 0.481 e. The van der Waals surface area contributed by atoms with Gasteiger partial charge in [-0.2, -0.15) is 0 Å². The molecule has 2 unspecified atom stereocenters. The number of hydrogen-bond donors (Lipinski definition) is 2. The molecule has 2 atom stereocenters. The first-order valence-corrected chi connectivity index (χ1v) is 6.64. The zero-order valence-electron chi connectivity index (χ0n) is 12.3. The highest BCUT2D eigenvalue weighted by Gasteiger charge is 2.49. The van der Waals surface area contributed by atoms with Gasteiger partial charge in [0.25, 0.3) is 0 Å². The maximum absolute atomic E-state index is 13.2. The van der Waals surface area contributed by atoms with Crippen molar-refractivity contribution in [1.29, 1.82) is 0 Å². The first kappa shape index (κ1) is 17.6. The lowest BCUT2D eigenvalue weighted by Crippen LogP contribution is -2.57. The molecule has 0 radical (unpaired) electrons. The summed E-state index contributed by atoms with van der Waals surface area (Å²) in [6.45, 7) is 4.96. The molecular formula is C13H21F2NO5. The summed E-state index contributed by atoms with van der Waals surface area (Å²) < 4.78 is 36.6. The van der Waals surface area contributed by atoms with Crippen molar-refractivity contribution < 1.29 is 33.0 Å². The topological polar surface area (TPSA) is 84.9 Å². The van der Waals surface area contributed by atoms with Crippen molar-refractivity contribution >= 4 is 12.1 Å². The summed E-state index contributed by atoms with van der Waals surface area (Å²) in [5.74, 6) is -2.89. The number of alkyl halides is 2. The highest BCUT2D eigenvalue weighted by molar-refractivity contribution is 5.70. The van der Waals surface area contributed by atoms with Crippen LogP contribution in [0.5, 0.6) is 0 Å². The van der Waals surface area contributed by atoms with E-state index in [-0.39, 0.29) is 19.6 Å². The van der Waals surface area contributed by atoms with E-state index in [0.717, 1.165) is 0 Å². The van der Waals surface area contributed by atoms with Gasteiger partial charge in [0.05, 0.1) is 24.5 Å². The lowest BCUT2D eigenvalue weighted by atomic mass is 9.81. The van der Waals surface area contributed by atoms with Crippen LogP contribution >= 0.6 is 0 Å². The molecule has 1 saturated heterocycles. The minimum atomic E-state index is -2.89. The third kappa shape index (κ3) is 5.11. The molecule has 0 saturated carbocycles. The fourth-order valence-corrected chi connectivity index (χ4v) is 2.29. The molecule has 6 nitrogen and oxygen atoms in total. The van der Waals surface area contributed by atoms with Crippen LogP contribution in [0.25, 0.3) is 0 Å². The van der Waals surface area contributed by atoms with Crippen molar-refractivity contribution in [2.75, 3.05) is 13.2 Å². The molecule has 1 amide bonds. The maximum Gasteiger partial charge on any atom is 0.408 e. The van der Waals surface area contributed by atoms with E-state index in [1.165, 1.54) is 0 Å². The second kappa shape index (κ2) is 6.55. The molecule has 0 bridgehead atoms. The quantitative estimate of drug-likeness (QED) is 0.811. The van der Waals surface area contributed by atoms with E-state index in [9.17, 15) is 18.4 Å². The summed E-state index contributed by atoms with van der Waals surface area (Å²) in [7, 11) is 0. The maximum atomic E-state index is 13.2. The molecule has 21 heavy (non-hydrogen) atoms. The van der Waals surface area contributed by atoms with Crippen LogP contribution in [-0.2, 0) is 14.3 Å². The standard InChI is InChI=1S/C13H21F2NO5/c1-12(2,3)21-11(19)16-13(4-5-20-7-13)8(10(14)15)6-9(17)18/h8,10H,4-7H2,1-3H3,(H,16,19)(H,17,18). The molecule has 0 aromatic heterocycles. The molecule has 1 aliphatic heterocycles. The number of halogens is 2. The number of hydrogen-bond acceptors (Lipinski definition) is 4. The van der Waals surface area contributed by atoms with E-state index < -0.39 is 42.0 Å². The Morgan fingerprint density at radius 2 is 2.05 bits per heavy atom. The Kier molecular flexibility index (Phi) is 5.49. The summed E-state index contributed by atoms with van der Waals surface area (Å²) in [6.07, 6.45) is -4.38. The number of alkyl carbamates (subject to hydrolysis) is 1. The SMILES string of the molecule is CC(C)(C)OC(=O)NC1(C(CC(=O)O)C(F)F)CCOC1. The molecule has 2 N–H and O–H groups in total. The van der Waals surface area contributed by atoms with Crippen molar-refractivity contribution in [2.24, 2.45) is 5.92 Å². The number of nitrogens with one attached hydrogen (secondary N) is 1. The fourth-order valence-electron chi connectivity index (χ4n) is 2.29. The average molecular weight is 309 g/mol. The van der Waals surface area contributed by atoms with Crippen molar-refractivity contribution in [3.63, 3.8) is 0 Å². The molecule has 0 aromatic rings. The van der Waals surface area contributed by atoms with Gasteiger partial charge in [-0.05, 0) is 27.2 Å². The van der Waals surface area contributed by atoms with Crippen LogP contribution in [-0.4, -0.2) is 47.9 Å². The number of ether oxygens (including phenoxy) is 2. The van der Waals surface area contributed by atoms with E-state index in [0.29, 0.717) is 0 Å². The first-order chi connectivity index (χ1) is 9.56. The van der Waals surface area contributed by atoms with Crippen molar-refractivity contribution in [1.82, 2.24) is 5.32 Å². The van der Waals surface area contributed by atoms with Crippen LogP contribution < -0.4 is 5.32 Å². The molecule has 122 valence electrons. The molecule has 1 aliphatic rings. The molecule has 0 aliphatic carbocycles. The smallest absolute Gasteiger partial charge is 0.408 e. The summed E-state index contributed by atoms with van der Waals surface area (Å²) in [5.41, 5.74) is -2.20. The van der Waals surface area contributed by atoms with Crippen LogP contribution in [0.15, 0.2) is 0 Å². The number of rotatable bonds is 5. The Balaban J connectivity index is 2.90. The minimum Gasteiger partial charge on any atom is -0.481 e. The summed E-state index contributed by atoms with van der Waals surface area (Å²) >= 11 is 0. The Labute approximate surface area is 121 Å². The molecule has 1 fully saturated rings. The molecule has 1 heterocycles. The average Bonchev–Trinajstić information content (AvgIpc) is 2.71. The Morgan fingerprint density at radius 3 is 2.43 bits per heavy atom. The van der Waals surface area contributed by atoms with Gasteiger partial charge in [-0.15, -0.1) is 0 Å². The van der Waals surface area contributed by atoms with E-state index in [4.69, 9.17) is 14.6 Å². The highest BCUT2D eigenvalue weighted by Crippen LogP contribution is 2.34. The Bertz CT molecular complexity index is 389. The van der Waals surface area contributed by atoms with Crippen LogP contribution in [0.3, 0.4) is 0 Å². The predicted octanol–water partition coefficient (Wildman–Crippen LogP) is 2.03. The van der Waals surface area contributed by atoms with Gasteiger partial charge < -0.3 is 19.9 Å². The fraction of sp³-hybridized carbons (Fsp3) is 0.846. The van der Waals surface area contributed by atoms with E-state index in [1.807, 2.05) is 0 Å². The predicted molar refractivity (Wildman–Crippen MR) is 69.3 cm³/mol. The van der Waals surface area contributed by atoms with Gasteiger partial charge in [0.2, 0.25) is 6.43 Å². The Morgan fingerprint density at radius 1 is 1.43 bits per heavy atom. The van der Waals surface area contributed by atoms with E-state index >= 15 is 0 Å². The molecule has 8 heteroatoms. The first-order valence-electron chi connectivity index (χ1n) is 6.64. The van der Waals surface area contributed by atoms with Gasteiger partial charge in [0, 0.05) is 6.61 Å². The van der Waals surface area contributed by atoms with Crippen LogP contribution in [0, 0.1) is 5.92 Å². The monoisotopic (exact) mass is 309 g/mol. The van der Waals surface area contributed by atoms with E-state index in [1.54, 1.807) is 20.8 Å². The molecule has 0 aromatic carbocycles. The second-order valence-corrected chi connectivity index (χ2v) is 6.12. The zero-order valence-corrected chi connectivity index (χ0v) is 12.3. The van der Waals surface area contributed by atoms with Crippen LogP contribution in [0.4, 0.5) is 13.6 Å². The normalized spacial score (nSPS) is 23.9. The van der Waals surface area contributed by atoms with Gasteiger partial charge in [0.15, 0.2) is 0 Å². The third-order valence-electron chi connectivity index (χ3n) is 3.21. The molecular weight excluding hydrogens is 288 g/mol. The molecule has 0 spiro atoms. The van der Waals surface area contributed by atoms with Gasteiger partial charge in [-0.25, -0.2) is 13.6 Å². The number of amides is 1. The van der Waals surface area contributed by atoms with E-state index in [2.05, 4.69) is 5.32 Å². The van der Waals surface area contributed by atoms with Crippen molar-refractivity contribution in [2.45, 2.75) is 51.2 Å². The number of carboxylic acid groups (broad SMARTS) is 1. The second-order valence-electron chi connectivity index (χ2n) is 6.12. The third-order valence-corrected chi connectivity index (χ3v) is 3.21. The number of carboxylic acids is 1. The summed E-state index contributed by atoms with van der Waals surface area (Å²) in [6, 6.07) is 0. The highest BCUT2D eigenvalue weighted by atomic mass is 19.3. The minimum absolute atomic E-state index is 0.120. The Hall–Kier alpha value is -1.44. The van der Waals surface area contributed by atoms with Gasteiger partial charge in [0.1, 0.15) is 5.60 Å². The summed E-state index contributed by atoms with van der Waals surface area (Å²) in [4.78, 5) is 22.7. The van der Waals surface area contributed by atoms with Gasteiger partial charge in [-0.3, -0.25) is 4.79 Å². The number of carbonyl (C=O) groups excluding carboxylic acids is 1. The van der Waals surface area contributed by atoms with Gasteiger partial charge in [-0.1, -0.05) is 0 Å². The summed E-state index contributed by atoms with van der Waals surface area (Å²) in [5, 5.41) is 11.2. The van der Waals surface area contributed by atoms with Crippen LogP contribution in [0.1, 0.15) is 33.6 Å². The van der Waals surface area contributed by atoms with Crippen molar-refractivity contribution in [3.05, 3.63) is 0 Å². The van der Waals surface area contributed by atoms with Gasteiger partial charge >= 0.3 is 12.1 Å². The number of carbonyl (C=O) groups is 2. The lowest BCUT2D eigenvalue weighted by molar-refractivity contribution is -0.141. The van der Waals surface area contributed by atoms with Crippen LogP contribution in [0.2, 0.25) is 0 Å². The van der Waals surface area contributed by atoms with Crippen molar-refractivity contribution in [3.8, 4) is 0 Å². The molecule has 1 rings (SSSR count). The zero-order chi connectivity index (χ0) is 16.3.